The van der Waals surface area contributed by atoms with E-state index in [1.54, 1.807) is 36.4 Å². The van der Waals surface area contributed by atoms with Crippen molar-refractivity contribution in [3.63, 3.8) is 0 Å². The minimum absolute atomic E-state index is 0.109. The lowest BCUT2D eigenvalue weighted by atomic mass is 9.64. The molecule has 184 valence electrons. The van der Waals surface area contributed by atoms with Crippen LogP contribution in [0.3, 0.4) is 0 Å². The van der Waals surface area contributed by atoms with Crippen LogP contribution in [0.4, 0.5) is 5.69 Å². The van der Waals surface area contributed by atoms with Gasteiger partial charge in [-0.3, -0.25) is 14.4 Å². The molecule has 1 saturated heterocycles. The second kappa shape index (κ2) is 8.47. The fraction of sp³-hybridized carbons (Fsp3) is 0.121. The first-order valence-corrected chi connectivity index (χ1v) is 13.4. The zero-order chi connectivity index (χ0) is 26.0. The maximum Gasteiger partial charge on any atom is 0.185 e. The smallest absolute Gasteiger partial charge is 0.185 e. The van der Waals surface area contributed by atoms with E-state index in [-0.39, 0.29) is 17.3 Å². The Kier molecular flexibility index (Phi) is 5.14. The summed E-state index contributed by atoms with van der Waals surface area (Å²) < 4.78 is 0.916. The number of nitrogens with zero attached hydrogens (tertiary/aromatic N) is 1. The summed E-state index contributed by atoms with van der Waals surface area (Å²) in [5, 5.41) is 0. The Morgan fingerprint density at radius 1 is 0.763 bits per heavy atom. The fourth-order valence-electron chi connectivity index (χ4n) is 6.75. The molecular weight excluding hydrogens is 538 g/mol. The van der Waals surface area contributed by atoms with Crippen molar-refractivity contribution in [3.05, 3.63) is 141 Å². The molecule has 0 radical (unpaired) electrons. The SMILES string of the molecule is O=C(c1ccccc1)C1C(c2ccccc2)C2(C(=O)c3ccccc3C2=O)C2C=Cc3cc(Br)ccc3N12. The number of carbonyl (C=O) groups is 3. The number of fused-ring (bicyclic) bond motifs is 5. The average Bonchev–Trinajstić information content (AvgIpc) is 3.39. The Labute approximate surface area is 228 Å². The second-order valence-electron chi connectivity index (χ2n) is 10.1. The van der Waals surface area contributed by atoms with Crippen molar-refractivity contribution < 1.29 is 14.4 Å². The van der Waals surface area contributed by atoms with Crippen LogP contribution in [0, 0.1) is 5.41 Å². The predicted molar refractivity (Wildman–Crippen MR) is 151 cm³/mol. The van der Waals surface area contributed by atoms with Gasteiger partial charge in [0.25, 0.3) is 0 Å². The molecule has 7 rings (SSSR count). The Morgan fingerprint density at radius 2 is 1.37 bits per heavy atom. The molecule has 3 unspecified atom stereocenters. The molecule has 0 amide bonds. The highest BCUT2D eigenvalue weighted by atomic mass is 79.9. The van der Waals surface area contributed by atoms with Crippen molar-refractivity contribution in [3.8, 4) is 0 Å². The third kappa shape index (κ3) is 2.99. The molecule has 1 aliphatic carbocycles. The van der Waals surface area contributed by atoms with Gasteiger partial charge in [-0.05, 0) is 29.3 Å². The first kappa shape index (κ1) is 23.1. The van der Waals surface area contributed by atoms with E-state index in [9.17, 15) is 14.4 Å². The number of ketones is 3. The maximum absolute atomic E-state index is 14.5. The molecule has 1 spiro atoms. The zero-order valence-corrected chi connectivity index (χ0v) is 21.8. The van der Waals surface area contributed by atoms with Crippen LogP contribution in [0.1, 0.15) is 48.1 Å². The lowest BCUT2D eigenvalue weighted by Gasteiger charge is -2.37. The van der Waals surface area contributed by atoms with Crippen molar-refractivity contribution in [1.82, 2.24) is 0 Å². The van der Waals surface area contributed by atoms with Gasteiger partial charge < -0.3 is 4.90 Å². The van der Waals surface area contributed by atoms with Gasteiger partial charge in [-0.1, -0.05) is 113 Å². The van der Waals surface area contributed by atoms with Crippen LogP contribution >= 0.6 is 15.9 Å². The molecule has 2 aliphatic heterocycles. The first-order valence-electron chi connectivity index (χ1n) is 12.6. The first-order chi connectivity index (χ1) is 18.5. The van der Waals surface area contributed by atoms with E-state index in [1.807, 2.05) is 83.8 Å². The lowest BCUT2D eigenvalue weighted by Crippen LogP contribution is -2.48. The number of halogens is 1. The van der Waals surface area contributed by atoms with Crippen LogP contribution in [-0.2, 0) is 0 Å². The van der Waals surface area contributed by atoms with Gasteiger partial charge in [0.2, 0.25) is 0 Å². The molecule has 0 bridgehead atoms. The van der Waals surface area contributed by atoms with Gasteiger partial charge in [-0.2, -0.15) is 0 Å². The standard InChI is InChI=1S/C33H22BrNO3/c34-23-16-17-26-22(19-23)15-18-27-33(31(37)24-13-7-8-14-25(24)32(33)38)28(20-9-3-1-4-10-20)29(35(26)27)30(36)21-11-5-2-6-12-21/h1-19,27-29H. The normalized spacial score (nSPS) is 22.3. The van der Waals surface area contributed by atoms with Gasteiger partial charge in [0.05, 0.1) is 6.04 Å². The average molecular weight is 560 g/mol. The molecule has 3 atom stereocenters. The third-order valence-corrected chi connectivity index (χ3v) is 8.74. The number of benzene rings is 4. The molecular formula is C33H22BrNO3. The van der Waals surface area contributed by atoms with Gasteiger partial charge in [0, 0.05) is 32.8 Å². The van der Waals surface area contributed by atoms with E-state index in [0.717, 1.165) is 21.3 Å². The van der Waals surface area contributed by atoms with Crippen LogP contribution in [0.15, 0.2) is 114 Å². The van der Waals surface area contributed by atoms with Crippen LogP contribution in [-0.4, -0.2) is 29.4 Å². The summed E-state index contributed by atoms with van der Waals surface area (Å²) >= 11 is 3.56. The monoisotopic (exact) mass is 559 g/mol. The summed E-state index contributed by atoms with van der Waals surface area (Å²) in [7, 11) is 0. The summed E-state index contributed by atoms with van der Waals surface area (Å²) in [5.41, 5.74) is 2.52. The van der Waals surface area contributed by atoms with Crippen molar-refractivity contribution >= 4 is 45.0 Å². The fourth-order valence-corrected chi connectivity index (χ4v) is 7.13. The number of anilines is 1. The molecule has 4 nitrogen and oxygen atoms in total. The highest BCUT2D eigenvalue weighted by molar-refractivity contribution is 9.10. The van der Waals surface area contributed by atoms with E-state index in [0.29, 0.717) is 16.7 Å². The second-order valence-corrected chi connectivity index (χ2v) is 11.0. The topological polar surface area (TPSA) is 54.5 Å². The quantitative estimate of drug-likeness (QED) is 0.205. The van der Waals surface area contributed by atoms with Crippen molar-refractivity contribution in [2.24, 2.45) is 5.41 Å². The Hall–Kier alpha value is -4.09. The van der Waals surface area contributed by atoms with E-state index >= 15 is 0 Å². The Balaban J connectivity index is 1.55. The van der Waals surface area contributed by atoms with E-state index in [1.165, 1.54) is 0 Å². The van der Waals surface area contributed by atoms with Crippen LogP contribution in [0.5, 0.6) is 0 Å². The Morgan fingerprint density at radius 3 is 2.03 bits per heavy atom. The summed E-state index contributed by atoms with van der Waals surface area (Å²) in [6, 6.07) is 30.4. The molecule has 1 fully saturated rings. The van der Waals surface area contributed by atoms with Crippen LogP contribution < -0.4 is 4.90 Å². The molecule has 4 aromatic carbocycles. The number of rotatable bonds is 3. The third-order valence-electron chi connectivity index (χ3n) is 8.25. The number of hydrogen-bond donors (Lipinski definition) is 0. The molecule has 38 heavy (non-hydrogen) atoms. The summed E-state index contributed by atoms with van der Waals surface area (Å²) in [4.78, 5) is 45.6. The van der Waals surface area contributed by atoms with E-state index in [4.69, 9.17) is 0 Å². The molecule has 3 aliphatic rings. The molecule has 0 aromatic heterocycles. The van der Waals surface area contributed by atoms with E-state index in [2.05, 4.69) is 15.9 Å². The molecule has 0 N–H and O–H groups in total. The molecule has 2 heterocycles. The van der Waals surface area contributed by atoms with Crippen LogP contribution in [0.2, 0.25) is 0 Å². The number of carbonyl (C=O) groups excluding carboxylic acids is 3. The number of Topliss-reactive ketones (excluding diaryl/α,β-unsaturated/α-hetero) is 3. The largest absolute Gasteiger partial charge is 0.352 e. The predicted octanol–water partition coefficient (Wildman–Crippen LogP) is 6.77. The van der Waals surface area contributed by atoms with E-state index < -0.39 is 23.4 Å². The summed E-state index contributed by atoms with van der Waals surface area (Å²) in [5.74, 6) is -1.22. The van der Waals surface area contributed by atoms with Gasteiger partial charge in [0.15, 0.2) is 17.3 Å². The number of hydrogen-bond acceptors (Lipinski definition) is 4. The highest BCUT2D eigenvalue weighted by Crippen LogP contribution is 2.61. The van der Waals surface area contributed by atoms with Crippen molar-refractivity contribution in [2.45, 2.75) is 18.0 Å². The zero-order valence-electron chi connectivity index (χ0n) is 20.3. The Bertz CT molecular complexity index is 1630. The van der Waals surface area contributed by atoms with Gasteiger partial charge in [-0.25, -0.2) is 0 Å². The minimum atomic E-state index is -1.47. The molecule has 4 aromatic rings. The minimum Gasteiger partial charge on any atom is -0.352 e. The summed E-state index contributed by atoms with van der Waals surface area (Å²) in [6.45, 7) is 0. The summed E-state index contributed by atoms with van der Waals surface area (Å²) in [6.07, 6.45) is 3.93. The van der Waals surface area contributed by atoms with Crippen molar-refractivity contribution in [2.75, 3.05) is 4.90 Å². The van der Waals surface area contributed by atoms with Crippen LogP contribution in [0.25, 0.3) is 6.08 Å². The lowest BCUT2D eigenvalue weighted by molar-refractivity contribution is 0.0666. The molecule has 5 heteroatoms. The van der Waals surface area contributed by atoms with Gasteiger partial charge in [0.1, 0.15) is 11.5 Å². The highest BCUT2D eigenvalue weighted by Gasteiger charge is 2.71. The van der Waals surface area contributed by atoms with Gasteiger partial charge >= 0.3 is 0 Å². The van der Waals surface area contributed by atoms with Crippen molar-refractivity contribution in [1.29, 1.82) is 0 Å². The molecule has 0 saturated carbocycles. The van der Waals surface area contributed by atoms with Gasteiger partial charge in [-0.15, -0.1) is 0 Å². The maximum atomic E-state index is 14.5.